The summed E-state index contributed by atoms with van der Waals surface area (Å²) >= 11 is 6.30. The molecule has 2 rings (SSSR count). The van der Waals surface area contributed by atoms with E-state index in [-0.39, 0.29) is 12.2 Å². The molecule has 0 unspecified atom stereocenters. The molecule has 0 saturated heterocycles. The number of halogens is 2. The molecule has 0 aliphatic carbocycles. The highest BCUT2D eigenvalue weighted by Crippen LogP contribution is 2.24. The maximum atomic E-state index is 13.3. The number of benzene rings is 1. The molecule has 0 bridgehead atoms. The molecule has 2 aromatic rings. The monoisotopic (exact) mass is 308 g/mol. The van der Waals surface area contributed by atoms with Crippen molar-refractivity contribution in [3.8, 4) is 0 Å². The van der Waals surface area contributed by atoms with Gasteiger partial charge in [0.25, 0.3) is 0 Å². The Morgan fingerprint density at radius 3 is 2.71 bits per heavy atom. The van der Waals surface area contributed by atoms with Crippen LogP contribution < -0.4 is 0 Å². The highest BCUT2D eigenvalue weighted by Gasteiger charge is 2.19. The van der Waals surface area contributed by atoms with Crippen LogP contribution in [0.4, 0.5) is 4.39 Å². The second-order valence-corrected chi connectivity index (χ2v) is 5.31. The number of Topliss-reactive ketones (excluding diaryl/α,β-unsaturated/α-hetero) is 1. The molecule has 0 fully saturated rings. The molecule has 0 amide bonds. The Labute approximate surface area is 128 Å². The summed E-state index contributed by atoms with van der Waals surface area (Å²) in [5.74, 6) is -0.556. The highest BCUT2D eigenvalue weighted by atomic mass is 35.5. The van der Waals surface area contributed by atoms with Crippen LogP contribution in [0, 0.1) is 12.7 Å². The Morgan fingerprint density at radius 2 is 2.10 bits per heavy atom. The van der Waals surface area contributed by atoms with Crippen molar-refractivity contribution < 1.29 is 9.18 Å². The third kappa shape index (κ3) is 3.16. The first kappa shape index (κ1) is 15.7. The molecule has 0 aliphatic rings. The first-order valence-electron chi connectivity index (χ1n) is 7.01. The molecule has 0 saturated carbocycles. The van der Waals surface area contributed by atoms with E-state index in [2.05, 4.69) is 5.10 Å². The lowest BCUT2D eigenvalue weighted by Gasteiger charge is -2.07. The second kappa shape index (κ2) is 6.39. The molecule has 0 aliphatic heterocycles. The number of carbonyl (C=O) groups excluding carboxylic acids is 1. The van der Waals surface area contributed by atoms with Gasteiger partial charge in [0.15, 0.2) is 5.78 Å². The average molecular weight is 309 g/mol. The Balaban J connectivity index is 2.35. The SMILES string of the molecule is CCc1nn(CC)c(CC(=O)c2cc(F)ccc2C)c1Cl. The van der Waals surface area contributed by atoms with Crippen LogP contribution >= 0.6 is 11.6 Å². The molecule has 21 heavy (non-hydrogen) atoms. The van der Waals surface area contributed by atoms with Crippen molar-refractivity contribution in [2.75, 3.05) is 0 Å². The van der Waals surface area contributed by atoms with Crippen molar-refractivity contribution in [2.24, 2.45) is 0 Å². The summed E-state index contributed by atoms with van der Waals surface area (Å²) in [7, 11) is 0. The van der Waals surface area contributed by atoms with Gasteiger partial charge in [0, 0.05) is 12.1 Å². The van der Waals surface area contributed by atoms with Crippen LogP contribution in [0.25, 0.3) is 0 Å². The van der Waals surface area contributed by atoms with E-state index in [1.54, 1.807) is 17.7 Å². The van der Waals surface area contributed by atoms with Gasteiger partial charge in [-0.2, -0.15) is 5.10 Å². The maximum Gasteiger partial charge on any atom is 0.169 e. The Kier molecular flexibility index (Phi) is 4.78. The number of hydrogen-bond donors (Lipinski definition) is 0. The summed E-state index contributed by atoms with van der Waals surface area (Å²) in [6.07, 6.45) is 0.843. The van der Waals surface area contributed by atoms with E-state index in [1.165, 1.54) is 12.1 Å². The molecular weight excluding hydrogens is 291 g/mol. The van der Waals surface area contributed by atoms with Crippen LogP contribution in [-0.4, -0.2) is 15.6 Å². The summed E-state index contributed by atoms with van der Waals surface area (Å²) in [6, 6.07) is 4.24. The van der Waals surface area contributed by atoms with Gasteiger partial charge < -0.3 is 0 Å². The topological polar surface area (TPSA) is 34.9 Å². The quantitative estimate of drug-likeness (QED) is 0.783. The van der Waals surface area contributed by atoms with Crippen LogP contribution in [0.5, 0.6) is 0 Å². The molecular formula is C16H18ClFN2O. The smallest absolute Gasteiger partial charge is 0.169 e. The predicted octanol–water partition coefficient (Wildman–Crippen LogP) is 3.99. The lowest BCUT2D eigenvalue weighted by molar-refractivity contribution is 0.0989. The average Bonchev–Trinajstić information content (AvgIpc) is 2.77. The molecule has 112 valence electrons. The van der Waals surface area contributed by atoms with Gasteiger partial charge in [0.05, 0.1) is 22.8 Å². The lowest BCUT2D eigenvalue weighted by atomic mass is 10.0. The van der Waals surface area contributed by atoms with Gasteiger partial charge in [-0.3, -0.25) is 9.48 Å². The van der Waals surface area contributed by atoms with E-state index in [0.717, 1.165) is 11.3 Å². The van der Waals surface area contributed by atoms with Crippen LogP contribution in [0.1, 0.15) is 41.2 Å². The van der Waals surface area contributed by atoms with Crippen molar-refractivity contribution in [3.63, 3.8) is 0 Å². The van der Waals surface area contributed by atoms with Crippen molar-refractivity contribution in [3.05, 3.63) is 51.6 Å². The van der Waals surface area contributed by atoms with Gasteiger partial charge in [-0.1, -0.05) is 24.6 Å². The maximum absolute atomic E-state index is 13.3. The molecule has 1 heterocycles. The summed E-state index contributed by atoms with van der Waals surface area (Å²) in [5.41, 5.74) is 2.64. The van der Waals surface area contributed by atoms with Gasteiger partial charge in [-0.25, -0.2) is 4.39 Å². The summed E-state index contributed by atoms with van der Waals surface area (Å²) in [6.45, 7) is 6.36. The zero-order chi connectivity index (χ0) is 15.6. The predicted molar refractivity (Wildman–Crippen MR) is 81.5 cm³/mol. The van der Waals surface area contributed by atoms with Crippen LogP contribution in [0.3, 0.4) is 0 Å². The largest absolute Gasteiger partial charge is 0.294 e. The third-order valence-corrected chi connectivity index (χ3v) is 3.96. The molecule has 0 spiro atoms. The van der Waals surface area contributed by atoms with Gasteiger partial charge in [0.1, 0.15) is 5.82 Å². The van der Waals surface area contributed by atoms with Crippen molar-refractivity contribution in [2.45, 2.75) is 40.2 Å². The van der Waals surface area contributed by atoms with Crippen molar-refractivity contribution in [1.29, 1.82) is 0 Å². The van der Waals surface area contributed by atoms with Crippen molar-refractivity contribution >= 4 is 17.4 Å². The summed E-state index contributed by atoms with van der Waals surface area (Å²) in [5, 5.41) is 4.94. The van der Waals surface area contributed by atoms with Gasteiger partial charge >= 0.3 is 0 Å². The minimum absolute atomic E-state index is 0.129. The summed E-state index contributed by atoms with van der Waals surface area (Å²) < 4.78 is 15.1. The Bertz CT molecular complexity index is 679. The zero-order valence-corrected chi connectivity index (χ0v) is 13.2. The van der Waals surface area contributed by atoms with Crippen LogP contribution in [-0.2, 0) is 19.4 Å². The molecule has 1 aromatic carbocycles. The van der Waals surface area contributed by atoms with Gasteiger partial charge in [-0.05, 0) is 38.0 Å². The Hall–Kier alpha value is -1.68. The first-order valence-corrected chi connectivity index (χ1v) is 7.39. The lowest BCUT2D eigenvalue weighted by Crippen LogP contribution is -2.11. The standard InChI is InChI=1S/C16H18ClFN2O/c1-4-13-16(17)14(20(5-2)19-13)9-15(21)12-8-11(18)7-6-10(12)3/h6-8H,4-5,9H2,1-3H3. The van der Waals surface area contributed by atoms with E-state index in [9.17, 15) is 9.18 Å². The summed E-state index contributed by atoms with van der Waals surface area (Å²) in [4.78, 5) is 12.4. The fourth-order valence-corrected chi connectivity index (χ4v) is 2.66. The fourth-order valence-electron chi connectivity index (χ4n) is 2.33. The number of carbonyl (C=O) groups is 1. The molecule has 3 nitrogen and oxygen atoms in total. The van der Waals surface area contributed by atoms with E-state index < -0.39 is 5.82 Å². The van der Waals surface area contributed by atoms with Gasteiger partial charge in [-0.15, -0.1) is 0 Å². The van der Waals surface area contributed by atoms with Crippen LogP contribution in [0.2, 0.25) is 5.02 Å². The first-order chi connectivity index (χ1) is 9.97. The molecule has 5 heteroatoms. The van der Waals surface area contributed by atoms with E-state index >= 15 is 0 Å². The number of rotatable bonds is 5. The minimum atomic E-state index is -0.409. The van der Waals surface area contributed by atoms with E-state index in [1.807, 2.05) is 13.8 Å². The van der Waals surface area contributed by atoms with E-state index in [0.29, 0.717) is 29.2 Å². The van der Waals surface area contributed by atoms with Crippen LogP contribution in [0.15, 0.2) is 18.2 Å². The second-order valence-electron chi connectivity index (χ2n) is 4.94. The molecule has 0 N–H and O–H groups in total. The van der Waals surface area contributed by atoms with Crippen molar-refractivity contribution in [1.82, 2.24) is 9.78 Å². The number of hydrogen-bond acceptors (Lipinski definition) is 2. The normalized spacial score (nSPS) is 10.9. The number of aromatic nitrogens is 2. The number of aryl methyl sites for hydroxylation is 3. The number of ketones is 1. The minimum Gasteiger partial charge on any atom is -0.294 e. The molecule has 0 atom stereocenters. The fraction of sp³-hybridized carbons (Fsp3) is 0.375. The Morgan fingerprint density at radius 1 is 1.38 bits per heavy atom. The third-order valence-electron chi connectivity index (χ3n) is 3.52. The number of nitrogens with zero attached hydrogens (tertiary/aromatic N) is 2. The zero-order valence-electron chi connectivity index (χ0n) is 12.4. The molecule has 0 radical (unpaired) electrons. The van der Waals surface area contributed by atoms with E-state index in [4.69, 9.17) is 11.6 Å². The highest BCUT2D eigenvalue weighted by molar-refractivity contribution is 6.32. The molecule has 1 aromatic heterocycles. The van der Waals surface area contributed by atoms with Gasteiger partial charge in [0.2, 0.25) is 0 Å².